The SMILES string of the molecule is COc1ccc(N2CCN(S(=O)(=O)CCCO)CC2)cc1. The Morgan fingerprint density at radius 1 is 1.14 bits per heavy atom. The van der Waals surface area contributed by atoms with Gasteiger partial charge in [0, 0.05) is 38.5 Å². The Labute approximate surface area is 126 Å². The van der Waals surface area contributed by atoms with Crippen molar-refractivity contribution in [2.75, 3.05) is 50.5 Å². The molecular weight excluding hydrogens is 292 g/mol. The van der Waals surface area contributed by atoms with Crippen LogP contribution in [0.2, 0.25) is 0 Å². The van der Waals surface area contributed by atoms with Crippen LogP contribution in [0.4, 0.5) is 5.69 Å². The third kappa shape index (κ3) is 4.09. The Morgan fingerprint density at radius 3 is 2.29 bits per heavy atom. The summed E-state index contributed by atoms with van der Waals surface area (Å²) >= 11 is 0. The van der Waals surface area contributed by atoms with Crippen LogP contribution in [-0.2, 0) is 10.0 Å². The number of aliphatic hydroxyl groups is 1. The Kier molecular flexibility index (Phi) is 5.44. The van der Waals surface area contributed by atoms with Gasteiger partial charge in [0.05, 0.1) is 12.9 Å². The number of piperazine rings is 1. The predicted octanol–water partition coefficient (Wildman–Crippen LogP) is 0.529. The lowest BCUT2D eigenvalue weighted by Crippen LogP contribution is -2.49. The van der Waals surface area contributed by atoms with Crippen molar-refractivity contribution in [1.29, 1.82) is 0 Å². The van der Waals surface area contributed by atoms with E-state index in [2.05, 4.69) is 4.90 Å². The monoisotopic (exact) mass is 314 g/mol. The van der Waals surface area contributed by atoms with Crippen molar-refractivity contribution < 1.29 is 18.3 Å². The van der Waals surface area contributed by atoms with E-state index in [9.17, 15) is 8.42 Å². The molecule has 0 atom stereocenters. The van der Waals surface area contributed by atoms with Crippen molar-refractivity contribution in [3.63, 3.8) is 0 Å². The number of anilines is 1. The lowest BCUT2D eigenvalue weighted by molar-refractivity contribution is 0.293. The third-order valence-electron chi connectivity index (χ3n) is 3.63. The summed E-state index contributed by atoms with van der Waals surface area (Å²) in [6, 6.07) is 7.77. The second kappa shape index (κ2) is 7.11. The number of hydrogen-bond acceptors (Lipinski definition) is 5. The van der Waals surface area contributed by atoms with E-state index in [1.165, 1.54) is 4.31 Å². The molecule has 0 aromatic heterocycles. The maximum Gasteiger partial charge on any atom is 0.214 e. The summed E-state index contributed by atoms with van der Waals surface area (Å²) in [6.07, 6.45) is 0.293. The van der Waals surface area contributed by atoms with Gasteiger partial charge >= 0.3 is 0 Å². The first-order chi connectivity index (χ1) is 10.1. The molecule has 0 saturated carbocycles. The van der Waals surface area contributed by atoms with E-state index in [0.29, 0.717) is 32.6 Å². The Bertz CT molecular complexity index is 537. The fourth-order valence-electron chi connectivity index (χ4n) is 2.39. The molecule has 6 nitrogen and oxygen atoms in total. The fraction of sp³-hybridized carbons (Fsp3) is 0.571. The van der Waals surface area contributed by atoms with Crippen molar-refractivity contribution in [2.45, 2.75) is 6.42 Å². The van der Waals surface area contributed by atoms with Crippen molar-refractivity contribution in [3.05, 3.63) is 24.3 Å². The average Bonchev–Trinajstić information content (AvgIpc) is 2.53. The van der Waals surface area contributed by atoms with Gasteiger partial charge in [-0.15, -0.1) is 0 Å². The molecule has 0 radical (unpaired) electrons. The number of nitrogens with zero attached hydrogens (tertiary/aromatic N) is 2. The van der Waals surface area contributed by atoms with Crippen molar-refractivity contribution in [2.24, 2.45) is 0 Å². The quantitative estimate of drug-likeness (QED) is 0.829. The second-order valence-electron chi connectivity index (χ2n) is 4.98. The molecule has 118 valence electrons. The first kappa shape index (κ1) is 16.1. The first-order valence-electron chi connectivity index (χ1n) is 7.04. The van der Waals surface area contributed by atoms with Crippen LogP contribution >= 0.6 is 0 Å². The average molecular weight is 314 g/mol. The fourth-order valence-corrected chi connectivity index (χ4v) is 3.87. The Hall–Kier alpha value is -1.31. The molecule has 0 amide bonds. The van der Waals surface area contributed by atoms with Crippen molar-refractivity contribution >= 4 is 15.7 Å². The third-order valence-corrected chi connectivity index (χ3v) is 5.59. The Morgan fingerprint density at radius 2 is 1.76 bits per heavy atom. The highest BCUT2D eigenvalue weighted by atomic mass is 32.2. The van der Waals surface area contributed by atoms with E-state index in [1.807, 2.05) is 24.3 Å². The van der Waals surface area contributed by atoms with Crippen LogP contribution in [0.25, 0.3) is 0 Å². The molecule has 1 aliphatic rings. The van der Waals surface area contributed by atoms with Crippen LogP contribution < -0.4 is 9.64 Å². The van der Waals surface area contributed by atoms with Crippen molar-refractivity contribution in [3.8, 4) is 5.75 Å². The molecular formula is C14H22N2O4S. The zero-order valence-electron chi connectivity index (χ0n) is 12.2. The largest absolute Gasteiger partial charge is 0.497 e. The zero-order chi connectivity index (χ0) is 15.3. The summed E-state index contributed by atoms with van der Waals surface area (Å²) in [5.41, 5.74) is 1.07. The molecule has 1 saturated heterocycles. The van der Waals surface area contributed by atoms with E-state index in [0.717, 1.165) is 11.4 Å². The van der Waals surface area contributed by atoms with Crippen LogP contribution in [0.15, 0.2) is 24.3 Å². The molecule has 1 N–H and O–H groups in total. The number of methoxy groups -OCH3 is 1. The maximum absolute atomic E-state index is 12.1. The molecule has 1 fully saturated rings. The number of benzene rings is 1. The number of sulfonamides is 1. The standard InChI is InChI=1S/C14H22N2O4S/c1-20-14-5-3-13(4-6-14)15-7-9-16(10-8-15)21(18,19)12-2-11-17/h3-6,17H,2,7-12H2,1H3. The van der Waals surface area contributed by atoms with Gasteiger partial charge in [-0.2, -0.15) is 4.31 Å². The summed E-state index contributed by atoms with van der Waals surface area (Å²) in [5.74, 6) is 0.829. The van der Waals surface area contributed by atoms with E-state index in [-0.39, 0.29) is 12.4 Å². The Balaban J connectivity index is 1.93. The van der Waals surface area contributed by atoms with Gasteiger partial charge in [-0.3, -0.25) is 0 Å². The summed E-state index contributed by atoms with van der Waals surface area (Å²) in [5, 5.41) is 8.76. The normalized spacial score (nSPS) is 17.0. The van der Waals surface area contributed by atoms with Gasteiger partial charge in [-0.05, 0) is 30.7 Å². The zero-order valence-corrected chi connectivity index (χ0v) is 13.1. The van der Waals surface area contributed by atoms with Crippen LogP contribution in [-0.4, -0.2) is 63.5 Å². The van der Waals surface area contributed by atoms with Gasteiger partial charge in [0.25, 0.3) is 0 Å². The van der Waals surface area contributed by atoms with Crippen LogP contribution in [0.5, 0.6) is 5.75 Å². The molecule has 0 unspecified atom stereocenters. The molecule has 7 heteroatoms. The van der Waals surface area contributed by atoms with Gasteiger partial charge in [-0.1, -0.05) is 0 Å². The van der Waals surface area contributed by atoms with E-state index in [4.69, 9.17) is 9.84 Å². The van der Waals surface area contributed by atoms with E-state index >= 15 is 0 Å². The lowest BCUT2D eigenvalue weighted by Gasteiger charge is -2.35. The molecule has 1 aromatic carbocycles. The van der Waals surface area contributed by atoms with Gasteiger partial charge in [0.15, 0.2) is 0 Å². The minimum atomic E-state index is -3.24. The molecule has 1 aliphatic heterocycles. The summed E-state index contributed by atoms with van der Waals surface area (Å²) in [6.45, 7) is 2.22. The minimum absolute atomic E-state index is 0.0199. The molecule has 21 heavy (non-hydrogen) atoms. The lowest BCUT2D eigenvalue weighted by atomic mass is 10.2. The highest BCUT2D eigenvalue weighted by Gasteiger charge is 2.26. The molecule has 2 rings (SSSR count). The van der Waals surface area contributed by atoms with Gasteiger partial charge < -0.3 is 14.7 Å². The van der Waals surface area contributed by atoms with Gasteiger partial charge in [-0.25, -0.2) is 8.42 Å². The van der Waals surface area contributed by atoms with Gasteiger partial charge in [0.2, 0.25) is 10.0 Å². The number of hydrogen-bond donors (Lipinski definition) is 1. The predicted molar refractivity (Wildman–Crippen MR) is 82.3 cm³/mol. The first-order valence-corrected chi connectivity index (χ1v) is 8.65. The minimum Gasteiger partial charge on any atom is -0.497 e. The second-order valence-corrected chi connectivity index (χ2v) is 7.07. The van der Waals surface area contributed by atoms with Crippen LogP contribution in [0.1, 0.15) is 6.42 Å². The summed E-state index contributed by atoms with van der Waals surface area (Å²) < 4.78 is 30.7. The van der Waals surface area contributed by atoms with Gasteiger partial charge in [0.1, 0.15) is 5.75 Å². The molecule has 0 aliphatic carbocycles. The number of aliphatic hydroxyl groups excluding tert-OH is 1. The van der Waals surface area contributed by atoms with Crippen LogP contribution in [0, 0.1) is 0 Å². The van der Waals surface area contributed by atoms with Crippen molar-refractivity contribution in [1.82, 2.24) is 4.31 Å². The molecule has 1 aromatic rings. The highest BCUT2D eigenvalue weighted by Crippen LogP contribution is 2.21. The number of rotatable bonds is 6. The van der Waals surface area contributed by atoms with E-state index in [1.54, 1.807) is 7.11 Å². The summed E-state index contributed by atoms with van der Waals surface area (Å²) in [4.78, 5) is 2.16. The molecule has 1 heterocycles. The van der Waals surface area contributed by atoms with E-state index < -0.39 is 10.0 Å². The smallest absolute Gasteiger partial charge is 0.214 e. The topological polar surface area (TPSA) is 70.1 Å². The molecule has 0 spiro atoms. The maximum atomic E-state index is 12.1. The molecule has 0 bridgehead atoms. The summed E-state index contributed by atoms with van der Waals surface area (Å²) in [7, 11) is -1.61. The highest BCUT2D eigenvalue weighted by molar-refractivity contribution is 7.89. The number of ether oxygens (including phenoxy) is 1. The van der Waals surface area contributed by atoms with Crippen LogP contribution in [0.3, 0.4) is 0 Å².